The van der Waals surface area contributed by atoms with Gasteiger partial charge in [-0.3, -0.25) is 20.2 Å². The summed E-state index contributed by atoms with van der Waals surface area (Å²) in [6.45, 7) is 4.79. The lowest BCUT2D eigenvalue weighted by Crippen LogP contribution is -2.23. The Morgan fingerprint density at radius 1 is 1.00 bits per heavy atom. The average molecular weight is 581 g/mol. The number of aromatic carboxylic acids is 1. The van der Waals surface area contributed by atoms with Gasteiger partial charge in [0.25, 0.3) is 5.91 Å². The second-order valence-corrected chi connectivity index (χ2v) is 10.4. The minimum absolute atomic E-state index is 0.00295. The zero-order valence-corrected chi connectivity index (χ0v) is 23.9. The van der Waals surface area contributed by atoms with Gasteiger partial charge in [-0.1, -0.05) is 35.9 Å². The maximum absolute atomic E-state index is 13.2. The normalized spacial score (nSPS) is 11.0. The van der Waals surface area contributed by atoms with Crippen LogP contribution >= 0.6 is 11.6 Å². The summed E-state index contributed by atoms with van der Waals surface area (Å²) >= 11 is 6.16. The average Bonchev–Trinajstić information content (AvgIpc) is 3.33. The number of carboxylic acid groups (broad SMARTS) is 1. The quantitative estimate of drug-likeness (QED) is 0.132. The second-order valence-electron chi connectivity index (χ2n) is 9.96. The molecule has 42 heavy (non-hydrogen) atoms. The van der Waals surface area contributed by atoms with Crippen LogP contribution in [0.1, 0.15) is 55.7 Å². The number of nitrogens with one attached hydrogen (secondary N) is 2. The highest BCUT2D eigenvalue weighted by Crippen LogP contribution is 2.34. The SMILES string of the molecule is CCn1cc(Cc2ccc(C(=O)NCc3cnc(C)cn3)cc2-c2ccc(Cl)cc2C(=O)O)c2ccc(C(=N)N)cc21. The van der Waals surface area contributed by atoms with E-state index in [1.54, 1.807) is 36.7 Å². The Morgan fingerprint density at radius 2 is 1.79 bits per heavy atom. The molecule has 0 bridgehead atoms. The van der Waals surface area contributed by atoms with E-state index >= 15 is 0 Å². The number of hydrogen-bond acceptors (Lipinski definition) is 5. The summed E-state index contributed by atoms with van der Waals surface area (Å²) in [5, 5.41) is 22.0. The van der Waals surface area contributed by atoms with Crippen molar-refractivity contribution in [3.63, 3.8) is 0 Å². The van der Waals surface area contributed by atoms with Crippen molar-refractivity contribution >= 4 is 40.2 Å². The van der Waals surface area contributed by atoms with E-state index in [1.807, 2.05) is 38.1 Å². The topological polar surface area (TPSA) is 147 Å². The van der Waals surface area contributed by atoms with Crippen LogP contribution < -0.4 is 11.1 Å². The number of rotatable bonds is 9. The lowest BCUT2D eigenvalue weighted by atomic mass is 9.90. The van der Waals surface area contributed by atoms with Crippen LogP contribution in [-0.4, -0.2) is 37.4 Å². The third-order valence-electron chi connectivity index (χ3n) is 7.14. The minimum Gasteiger partial charge on any atom is -0.478 e. The van der Waals surface area contributed by atoms with Crippen LogP contribution in [0.3, 0.4) is 0 Å². The molecule has 0 saturated heterocycles. The van der Waals surface area contributed by atoms with Crippen molar-refractivity contribution < 1.29 is 14.7 Å². The summed E-state index contributed by atoms with van der Waals surface area (Å²) in [6.07, 6.45) is 5.78. The maximum Gasteiger partial charge on any atom is 0.336 e. The standard InChI is InChI=1S/C32H29ClN6O3/c1-3-39-17-22(25-8-6-20(30(34)35)12-29(25)39)10-19-4-5-21(31(40)38-16-24-15-36-18(2)14-37-24)11-27(19)26-9-7-23(33)13-28(26)32(41)42/h4-9,11-15,17H,3,10,16H2,1-2H3,(H3,34,35)(H,38,40)(H,41,42). The predicted molar refractivity (Wildman–Crippen MR) is 163 cm³/mol. The molecule has 0 radical (unpaired) electrons. The number of carboxylic acids is 1. The molecule has 3 aromatic carbocycles. The van der Waals surface area contributed by atoms with Crippen molar-refractivity contribution in [2.45, 2.75) is 33.4 Å². The number of benzene rings is 3. The molecule has 9 nitrogen and oxygen atoms in total. The van der Waals surface area contributed by atoms with Gasteiger partial charge in [0.15, 0.2) is 0 Å². The minimum atomic E-state index is -1.12. The Hall–Kier alpha value is -5.02. The smallest absolute Gasteiger partial charge is 0.336 e. The Morgan fingerprint density at radius 3 is 2.48 bits per heavy atom. The van der Waals surface area contributed by atoms with Gasteiger partial charge in [-0.15, -0.1) is 0 Å². The first kappa shape index (κ1) is 28.5. The first-order chi connectivity index (χ1) is 20.1. The van der Waals surface area contributed by atoms with Crippen LogP contribution in [0.5, 0.6) is 0 Å². The van der Waals surface area contributed by atoms with Gasteiger partial charge in [-0.05, 0) is 66.4 Å². The van der Waals surface area contributed by atoms with Crippen LogP contribution in [0.15, 0.2) is 73.2 Å². The summed E-state index contributed by atoms with van der Waals surface area (Å²) < 4.78 is 2.09. The zero-order chi connectivity index (χ0) is 30.0. The highest BCUT2D eigenvalue weighted by molar-refractivity contribution is 6.31. The Bertz CT molecular complexity index is 1850. The lowest BCUT2D eigenvalue weighted by Gasteiger charge is -2.15. The molecule has 5 aromatic rings. The molecule has 5 rings (SSSR count). The van der Waals surface area contributed by atoms with Gasteiger partial charge in [-0.2, -0.15) is 0 Å². The fourth-order valence-electron chi connectivity index (χ4n) is 4.98. The number of amidine groups is 1. The molecule has 0 fully saturated rings. The highest BCUT2D eigenvalue weighted by atomic mass is 35.5. The summed E-state index contributed by atoms with van der Waals surface area (Å²) in [4.78, 5) is 33.9. The van der Waals surface area contributed by atoms with Crippen molar-refractivity contribution in [1.29, 1.82) is 5.41 Å². The first-order valence-corrected chi connectivity index (χ1v) is 13.7. The third-order valence-corrected chi connectivity index (χ3v) is 7.37. The van der Waals surface area contributed by atoms with Gasteiger partial charge in [0.05, 0.1) is 29.7 Å². The van der Waals surface area contributed by atoms with E-state index in [0.717, 1.165) is 34.3 Å². The van der Waals surface area contributed by atoms with Crippen molar-refractivity contribution in [2.75, 3.05) is 0 Å². The van der Waals surface area contributed by atoms with Gasteiger partial charge in [-0.25, -0.2) is 4.79 Å². The first-order valence-electron chi connectivity index (χ1n) is 13.3. The van der Waals surface area contributed by atoms with E-state index in [0.29, 0.717) is 39.4 Å². The third kappa shape index (κ3) is 5.87. The number of aryl methyl sites for hydroxylation is 2. The number of halogens is 1. The number of carbonyl (C=O) groups excluding carboxylic acids is 1. The molecule has 0 aliphatic carbocycles. The number of hydrogen-bond donors (Lipinski definition) is 4. The number of aromatic nitrogens is 3. The van der Waals surface area contributed by atoms with E-state index in [-0.39, 0.29) is 23.9 Å². The summed E-state index contributed by atoms with van der Waals surface area (Å²) in [6, 6.07) is 15.7. The van der Waals surface area contributed by atoms with Crippen LogP contribution in [0.25, 0.3) is 22.0 Å². The van der Waals surface area contributed by atoms with Crippen molar-refractivity contribution in [3.05, 3.63) is 117 Å². The van der Waals surface area contributed by atoms with Gasteiger partial charge in [0, 0.05) is 52.4 Å². The molecule has 5 N–H and O–H groups in total. The summed E-state index contributed by atoms with van der Waals surface area (Å²) in [5.41, 5.74) is 12.1. The molecule has 2 heterocycles. The molecule has 0 spiro atoms. The Kier molecular flexibility index (Phi) is 8.04. The predicted octanol–water partition coefficient (Wildman–Crippen LogP) is 5.58. The van der Waals surface area contributed by atoms with Gasteiger partial charge in [0.1, 0.15) is 5.84 Å². The molecular formula is C32H29ClN6O3. The van der Waals surface area contributed by atoms with Gasteiger partial charge in [0.2, 0.25) is 0 Å². The molecule has 2 aromatic heterocycles. The number of nitrogens with two attached hydrogens (primary N) is 1. The highest BCUT2D eigenvalue weighted by Gasteiger charge is 2.19. The zero-order valence-electron chi connectivity index (χ0n) is 23.1. The fraction of sp³-hybridized carbons (Fsp3) is 0.156. The van der Waals surface area contributed by atoms with E-state index < -0.39 is 5.97 Å². The van der Waals surface area contributed by atoms with E-state index in [4.69, 9.17) is 22.7 Å². The summed E-state index contributed by atoms with van der Waals surface area (Å²) in [5.74, 6) is -1.45. The Labute approximate surface area is 247 Å². The number of nitrogen functional groups attached to an aromatic ring is 1. The molecule has 0 aliphatic rings. The molecule has 0 unspecified atom stereocenters. The van der Waals surface area contributed by atoms with E-state index in [9.17, 15) is 14.7 Å². The largest absolute Gasteiger partial charge is 0.478 e. The van der Waals surface area contributed by atoms with Crippen LogP contribution in [0.4, 0.5) is 0 Å². The molecular weight excluding hydrogens is 552 g/mol. The monoisotopic (exact) mass is 580 g/mol. The number of amides is 1. The van der Waals surface area contributed by atoms with Crippen LogP contribution in [0, 0.1) is 12.3 Å². The molecule has 0 atom stereocenters. The summed E-state index contributed by atoms with van der Waals surface area (Å²) in [7, 11) is 0. The van der Waals surface area contributed by atoms with Gasteiger partial charge < -0.3 is 20.7 Å². The van der Waals surface area contributed by atoms with E-state index in [1.165, 1.54) is 6.07 Å². The number of fused-ring (bicyclic) bond motifs is 1. The van der Waals surface area contributed by atoms with Crippen molar-refractivity contribution in [3.8, 4) is 11.1 Å². The maximum atomic E-state index is 13.2. The van der Waals surface area contributed by atoms with Crippen LogP contribution in [0.2, 0.25) is 5.02 Å². The molecule has 10 heteroatoms. The fourth-order valence-corrected chi connectivity index (χ4v) is 5.15. The van der Waals surface area contributed by atoms with Crippen LogP contribution in [-0.2, 0) is 19.5 Å². The lowest BCUT2D eigenvalue weighted by molar-refractivity contribution is 0.0697. The van der Waals surface area contributed by atoms with Gasteiger partial charge >= 0.3 is 5.97 Å². The molecule has 212 valence electrons. The number of nitrogens with zero attached hydrogens (tertiary/aromatic N) is 3. The molecule has 0 saturated carbocycles. The van der Waals surface area contributed by atoms with E-state index in [2.05, 4.69) is 26.0 Å². The van der Waals surface area contributed by atoms with Crippen molar-refractivity contribution in [1.82, 2.24) is 19.9 Å². The molecule has 0 aliphatic heterocycles. The molecule has 1 amide bonds. The number of carbonyl (C=O) groups is 2. The van der Waals surface area contributed by atoms with Crippen molar-refractivity contribution in [2.24, 2.45) is 5.73 Å². The second kappa shape index (κ2) is 11.8. The Balaban J connectivity index is 1.57.